The third-order valence-corrected chi connectivity index (χ3v) is 7.57. The van der Waals surface area contributed by atoms with Crippen LogP contribution in [-0.2, 0) is 40.4 Å². The second kappa shape index (κ2) is 8.24. The number of anilines is 1. The number of aryl methyl sites for hydroxylation is 2. The Kier molecular flexibility index (Phi) is 5.86. The number of rotatable bonds is 5. The fourth-order valence-electron chi connectivity index (χ4n) is 4.85. The number of sulfonamides is 1. The molecule has 7 nitrogen and oxygen atoms in total. The van der Waals surface area contributed by atoms with E-state index in [1.807, 2.05) is 0 Å². The molecule has 2 amide bonds. The lowest BCUT2D eigenvalue weighted by molar-refractivity contribution is -0.0272. The van der Waals surface area contributed by atoms with Crippen molar-refractivity contribution in [3.8, 4) is 0 Å². The summed E-state index contributed by atoms with van der Waals surface area (Å²) in [4.78, 5) is 14.8. The Morgan fingerprint density at radius 2 is 1.83 bits per heavy atom. The molecule has 0 aromatic heterocycles. The van der Waals surface area contributed by atoms with Crippen LogP contribution in [0.4, 0.5) is 10.5 Å². The Labute approximate surface area is 173 Å². The van der Waals surface area contributed by atoms with Crippen molar-refractivity contribution in [2.75, 3.05) is 30.8 Å². The second-order valence-corrected chi connectivity index (χ2v) is 10.4. The number of nitrogens with zero attached hydrogens (tertiary/aromatic N) is 1. The minimum Gasteiger partial charge on any atom is -0.374 e. The minimum absolute atomic E-state index is 0.214. The first kappa shape index (κ1) is 20.6. The molecule has 1 heterocycles. The molecule has 0 bridgehead atoms. The molecule has 2 N–H and O–H groups in total. The van der Waals surface area contributed by atoms with E-state index in [-0.39, 0.29) is 5.75 Å². The molecular weight excluding hydrogens is 390 g/mol. The molecule has 1 fully saturated rings. The van der Waals surface area contributed by atoms with E-state index in [1.54, 1.807) is 0 Å². The van der Waals surface area contributed by atoms with Gasteiger partial charge in [0.15, 0.2) is 0 Å². The summed E-state index contributed by atoms with van der Waals surface area (Å²) in [6.45, 7) is 6.03. The van der Waals surface area contributed by atoms with Gasteiger partial charge in [0.1, 0.15) is 0 Å². The molecule has 0 saturated carbocycles. The van der Waals surface area contributed by atoms with Crippen LogP contribution in [0.25, 0.3) is 0 Å². The molecule has 2 aliphatic carbocycles. The van der Waals surface area contributed by atoms with Crippen molar-refractivity contribution in [1.29, 1.82) is 0 Å². The number of benzene rings is 1. The lowest BCUT2D eigenvalue weighted by Crippen LogP contribution is -2.49. The maximum atomic E-state index is 12.6. The van der Waals surface area contributed by atoms with Crippen molar-refractivity contribution in [2.24, 2.45) is 0 Å². The number of hydrogen-bond acceptors (Lipinski definition) is 5. The zero-order chi connectivity index (χ0) is 20.6. The zero-order valence-corrected chi connectivity index (χ0v) is 18.1. The van der Waals surface area contributed by atoms with Gasteiger partial charge in [0.25, 0.3) is 0 Å². The normalized spacial score (nSPS) is 21.8. The van der Waals surface area contributed by atoms with Gasteiger partial charge >= 0.3 is 6.03 Å². The Morgan fingerprint density at radius 3 is 2.45 bits per heavy atom. The van der Waals surface area contributed by atoms with E-state index in [2.05, 4.69) is 34.9 Å². The third-order valence-electron chi connectivity index (χ3n) is 6.27. The Morgan fingerprint density at radius 1 is 1.17 bits per heavy atom. The van der Waals surface area contributed by atoms with Gasteiger partial charge in [-0.05, 0) is 74.6 Å². The van der Waals surface area contributed by atoms with Gasteiger partial charge in [-0.2, -0.15) is 0 Å². The summed E-state index contributed by atoms with van der Waals surface area (Å²) in [6.07, 6.45) is 5.67. The molecule has 160 valence electrons. The van der Waals surface area contributed by atoms with Crippen molar-refractivity contribution in [2.45, 2.75) is 64.5 Å². The standard InChI is InChI=1S/C21H31N3O4S/c1-14(2)24-9-10-28-17(12-24)13-29(26,27)23-21(25)22-20-18-7-3-5-15(18)11-16-6-4-8-19(16)20/h11,14,17H,3-10,12-13H2,1-2H3,(H2,22,23,25). The predicted octanol–water partition coefficient (Wildman–Crippen LogP) is 2.22. The smallest absolute Gasteiger partial charge is 0.332 e. The topological polar surface area (TPSA) is 87.7 Å². The van der Waals surface area contributed by atoms with Crippen LogP contribution < -0.4 is 10.0 Å². The van der Waals surface area contributed by atoms with Crippen molar-refractivity contribution in [3.63, 3.8) is 0 Å². The number of nitrogens with one attached hydrogen (secondary N) is 2. The molecular formula is C21H31N3O4S. The highest BCUT2D eigenvalue weighted by Gasteiger charge is 2.29. The second-order valence-electron chi connectivity index (χ2n) is 8.65. The van der Waals surface area contributed by atoms with E-state index < -0.39 is 22.2 Å². The summed E-state index contributed by atoms with van der Waals surface area (Å²) in [5, 5.41) is 2.88. The Balaban J connectivity index is 1.42. The number of fused-ring (bicyclic) bond motifs is 2. The SMILES string of the molecule is CC(C)N1CCOC(CS(=O)(=O)NC(=O)Nc2c3c(cc4c2CCC4)CCC3)C1. The molecule has 1 saturated heterocycles. The number of morpholine rings is 1. The Bertz CT molecular complexity index is 865. The molecule has 1 unspecified atom stereocenters. The first-order valence-corrected chi connectivity index (χ1v) is 12.3. The first-order valence-electron chi connectivity index (χ1n) is 10.7. The van der Waals surface area contributed by atoms with Gasteiger partial charge in [-0.1, -0.05) is 6.07 Å². The van der Waals surface area contributed by atoms with E-state index in [1.165, 1.54) is 22.3 Å². The van der Waals surface area contributed by atoms with Crippen molar-refractivity contribution in [1.82, 2.24) is 9.62 Å². The van der Waals surface area contributed by atoms with Crippen LogP contribution in [0.3, 0.4) is 0 Å². The van der Waals surface area contributed by atoms with Gasteiger partial charge < -0.3 is 10.1 Å². The van der Waals surface area contributed by atoms with Gasteiger partial charge in [-0.25, -0.2) is 17.9 Å². The van der Waals surface area contributed by atoms with E-state index >= 15 is 0 Å². The minimum atomic E-state index is -3.79. The highest BCUT2D eigenvalue weighted by molar-refractivity contribution is 7.90. The molecule has 1 atom stereocenters. The fourth-order valence-corrected chi connectivity index (χ4v) is 5.95. The summed E-state index contributed by atoms with van der Waals surface area (Å²) in [7, 11) is -3.79. The summed E-state index contributed by atoms with van der Waals surface area (Å²) >= 11 is 0. The number of carbonyl (C=O) groups excluding carboxylic acids is 1. The average Bonchev–Trinajstić information content (AvgIpc) is 3.29. The van der Waals surface area contributed by atoms with E-state index in [9.17, 15) is 13.2 Å². The van der Waals surface area contributed by atoms with Gasteiger partial charge in [-0.15, -0.1) is 0 Å². The Hall–Kier alpha value is -1.64. The maximum Gasteiger partial charge on any atom is 0.332 e. The first-order chi connectivity index (χ1) is 13.8. The molecule has 0 spiro atoms. The quantitative estimate of drug-likeness (QED) is 0.761. The highest BCUT2D eigenvalue weighted by Crippen LogP contribution is 2.38. The lowest BCUT2D eigenvalue weighted by atomic mass is 9.99. The van der Waals surface area contributed by atoms with E-state index in [4.69, 9.17) is 4.74 Å². The molecule has 4 rings (SSSR count). The number of carbonyl (C=O) groups is 1. The van der Waals surface area contributed by atoms with Gasteiger partial charge in [0, 0.05) is 24.8 Å². The van der Waals surface area contributed by atoms with Gasteiger partial charge in [0.2, 0.25) is 10.0 Å². The van der Waals surface area contributed by atoms with Crippen LogP contribution in [-0.4, -0.2) is 56.9 Å². The molecule has 1 aromatic carbocycles. The summed E-state index contributed by atoms with van der Waals surface area (Å²) < 4.78 is 33.0. The highest BCUT2D eigenvalue weighted by atomic mass is 32.2. The number of urea groups is 1. The van der Waals surface area contributed by atoms with Gasteiger partial charge in [-0.3, -0.25) is 4.90 Å². The molecule has 1 aliphatic heterocycles. The summed E-state index contributed by atoms with van der Waals surface area (Å²) in [5.41, 5.74) is 5.81. The van der Waals surface area contributed by atoms with Crippen molar-refractivity contribution >= 4 is 21.7 Å². The summed E-state index contributed by atoms with van der Waals surface area (Å²) in [6, 6.07) is 1.95. The number of amides is 2. The maximum absolute atomic E-state index is 12.6. The predicted molar refractivity (Wildman–Crippen MR) is 113 cm³/mol. The monoisotopic (exact) mass is 421 g/mol. The molecule has 8 heteroatoms. The van der Waals surface area contributed by atoms with Crippen LogP contribution in [0.2, 0.25) is 0 Å². The lowest BCUT2D eigenvalue weighted by Gasteiger charge is -2.35. The van der Waals surface area contributed by atoms with Crippen LogP contribution in [0.5, 0.6) is 0 Å². The van der Waals surface area contributed by atoms with E-state index in [0.29, 0.717) is 19.2 Å². The number of hydrogen-bond donors (Lipinski definition) is 2. The zero-order valence-electron chi connectivity index (χ0n) is 17.3. The van der Waals surface area contributed by atoms with Crippen LogP contribution in [0, 0.1) is 0 Å². The van der Waals surface area contributed by atoms with Crippen LogP contribution >= 0.6 is 0 Å². The molecule has 29 heavy (non-hydrogen) atoms. The van der Waals surface area contributed by atoms with E-state index in [0.717, 1.165) is 50.8 Å². The number of ether oxygens (including phenoxy) is 1. The van der Waals surface area contributed by atoms with Crippen LogP contribution in [0.15, 0.2) is 6.07 Å². The molecule has 0 radical (unpaired) electrons. The fraction of sp³-hybridized carbons (Fsp3) is 0.667. The molecule has 3 aliphatic rings. The molecule has 1 aromatic rings. The van der Waals surface area contributed by atoms with Crippen molar-refractivity contribution in [3.05, 3.63) is 28.3 Å². The largest absolute Gasteiger partial charge is 0.374 e. The average molecular weight is 422 g/mol. The van der Waals surface area contributed by atoms with Gasteiger partial charge in [0.05, 0.1) is 18.5 Å². The third kappa shape index (κ3) is 4.59. The summed E-state index contributed by atoms with van der Waals surface area (Å²) in [5.74, 6) is -0.214. The van der Waals surface area contributed by atoms with Crippen LogP contribution in [0.1, 0.15) is 48.9 Å². The van der Waals surface area contributed by atoms with Crippen molar-refractivity contribution < 1.29 is 17.9 Å².